The van der Waals surface area contributed by atoms with Crippen LogP contribution in [0.5, 0.6) is 0 Å². The van der Waals surface area contributed by atoms with Crippen LogP contribution in [0.25, 0.3) is 11.3 Å². The van der Waals surface area contributed by atoms with Crippen LogP contribution < -0.4 is 4.80 Å². The van der Waals surface area contributed by atoms with Gasteiger partial charge in [0.1, 0.15) is 0 Å². The first-order valence-corrected chi connectivity index (χ1v) is 10.8. The van der Waals surface area contributed by atoms with Crippen LogP contribution in [0, 0.1) is 13.8 Å². The van der Waals surface area contributed by atoms with E-state index in [0.29, 0.717) is 10.6 Å². The molecule has 28 heavy (non-hydrogen) atoms. The highest BCUT2D eigenvalue weighted by atomic mass is 35.5. The molecule has 0 bridgehead atoms. The predicted molar refractivity (Wildman–Crippen MR) is 118 cm³/mol. The van der Waals surface area contributed by atoms with Crippen LogP contribution in [-0.2, 0) is 13.0 Å². The van der Waals surface area contributed by atoms with E-state index >= 15 is 0 Å². The Hall–Kier alpha value is -2.17. The number of hydrogen-bond acceptors (Lipinski definition) is 2. The zero-order valence-corrected chi connectivity index (χ0v) is 18.3. The normalized spacial score (nSPS) is 11.8. The Morgan fingerprint density at radius 3 is 2.54 bits per heavy atom. The van der Waals surface area contributed by atoms with Crippen molar-refractivity contribution < 1.29 is 4.79 Å². The van der Waals surface area contributed by atoms with Crippen molar-refractivity contribution >= 4 is 28.8 Å². The number of benzene rings is 2. The van der Waals surface area contributed by atoms with Crippen LogP contribution >= 0.6 is 22.9 Å². The van der Waals surface area contributed by atoms with Gasteiger partial charge >= 0.3 is 0 Å². The number of aromatic nitrogens is 1. The van der Waals surface area contributed by atoms with Gasteiger partial charge in [0.2, 0.25) is 0 Å². The molecule has 146 valence electrons. The minimum Gasteiger partial charge on any atom is -0.316 e. The third-order valence-corrected chi connectivity index (χ3v) is 6.20. The smallest absolute Gasteiger partial charge is 0.279 e. The summed E-state index contributed by atoms with van der Waals surface area (Å²) in [5.41, 5.74) is 5.41. The molecule has 3 aromatic rings. The maximum Gasteiger partial charge on any atom is 0.279 e. The van der Waals surface area contributed by atoms with E-state index in [1.807, 2.05) is 0 Å². The maximum absolute atomic E-state index is 12.7. The van der Waals surface area contributed by atoms with Crippen LogP contribution in [0.3, 0.4) is 0 Å². The van der Waals surface area contributed by atoms with Crippen molar-refractivity contribution in [2.24, 2.45) is 4.99 Å². The number of aryl methyl sites for hydroxylation is 3. The summed E-state index contributed by atoms with van der Waals surface area (Å²) in [4.78, 5) is 19.2. The van der Waals surface area contributed by atoms with Crippen LogP contribution in [-0.4, -0.2) is 10.5 Å². The first-order chi connectivity index (χ1) is 13.4. The molecular formula is C23H25ClN2OS. The molecule has 0 saturated carbocycles. The second-order valence-corrected chi connectivity index (χ2v) is 8.38. The Morgan fingerprint density at radius 2 is 1.89 bits per heavy atom. The average molecular weight is 413 g/mol. The SMILES string of the molecule is CCCc1sc(=NC(=O)c2cccc(Cl)c2)n(CC)c1-c1ccc(C)c(C)c1. The molecule has 0 saturated heterocycles. The molecule has 0 aliphatic carbocycles. The minimum absolute atomic E-state index is 0.263. The number of carbonyl (C=O) groups is 1. The molecule has 3 rings (SSSR count). The van der Waals surface area contributed by atoms with E-state index in [1.165, 1.54) is 27.3 Å². The van der Waals surface area contributed by atoms with E-state index in [9.17, 15) is 4.79 Å². The summed E-state index contributed by atoms with van der Waals surface area (Å²) in [6.45, 7) is 9.28. The van der Waals surface area contributed by atoms with Crippen molar-refractivity contribution in [3.8, 4) is 11.3 Å². The summed E-state index contributed by atoms with van der Waals surface area (Å²) in [5, 5.41) is 0.540. The third kappa shape index (κ3) is 4.29. The van der Waals surface area contributed by atoms with Crippen molar-refractivity contribution in [3.05, 3.63) is 73.9 Å². The topological polar surface area (TPSA) is 34.4 Å². The zero-order chi connectivity index (χ0) is 20.3. The zero-order valence-electron chi connectivity index (χ0n) is 16.8. The summed E-state index contributed by atoms with van der Waals surface area (Å²) >= 11 is 7.64. The van der Waals surface area contributed by atoms with E-state index in [-0.39, 0.29) is 5.91 Å². The van der Waals surface area contributed by atoms with E-state index in [1.54, 1.807) is 35.6 Å². The molecule has 0 unspecified atom stereocenters. The van der Waals surface area contributed by atoms with E-state index < -0.39 is 0 Å². The molecule has 0 N–H and O–H groups in total. The van der Waals surface area contributed by atoms with Gasteiger partial charge in [-0.25, -0.2) is 0 Å². The largest absolute Gasteiger partial charge is 0.316 e. The van der Waals surface area contributed by atoms with Crippen LogP contribution in [0.1, 0.15) is 46.6 Å². The molecule has 0 fully saturated rings. The molecule has 5 heteroatoms. The van der Waals surface area contributed by atoms with Gasteiger partial charge in [0.25, 0.3) is 5.91 Å². The third-order valence-electron chi connectivity index (χ3n) is 4.82. The predicted octanol–water partition coefficient (Wildman–Crippen LogP) is 6.20. The highest BCUT2D eigenvalue weighted by molar-refractivity contribution is 7.09. The lowest BCUT2D eigenvalue weighted by atomic mass is 10.0. The second kappa shape index (κ2) is 8.89. The van der Waals surface area contributed by atoms with Crippen molar-refractivity contribution in [1.29, 1.82) is 0 Å². The molecule has 1 amide bonds. The molecule has 0 atom stereocenters. The Labute approximate surface area is 175 Å². The molecule has 0 radical (unpaired) electrons. The summed E-state index contributed by atoms with van der Waals surface area (Å²) in [5.74, 6) is -0.263. The van der Waals surface area contributed by atoms with Crippen molar-refractivity contribution in [2.45, 2.75) is 47.1 Å². The number of thiazole rings is 1. The summed E-state index contributed by atoms with van der Waals surface area (Å²) in [6.07, 6.45) is 2.01. The van der Waals surface area contributed by atoms with Gasteiger partial charge in [-0.05, 0) is 68.1 Å². The molecule has 1 aromatic heterocycles. The molecule has 0 spiro atoms. The minimum atomic E-state index is -0.263. The fourth-order valence-electron chi connectivity index (χ4n) is 3.21. The number of carbonyl (C=O) groups excluding carboxylic acids is 1. The molecular weight excluding hydrogens is 388 g/mol. The Kier molecular flexibility index (Phi) is 6.53. The summed E-state index contributed by atoms with van der Waals surface area (Å²) in [7, 11) is 0. The first-order valence-electron chi connectivity index (χ1n) is 9.59. The van der Waals surface area contributed by atoms with Crippen molar-refractivity contribution in [3.63, 3.8) is 0 Å². The molecule has 1 heterocycles. The summed E-state index contributed by atoms with van der Waals surface area (Å²) in [6, 6.07) is 13.5. The van der Waals surface area contributed by atoms with E-state index in [0.717, 1.165) is 24.2 Å². The van der Waals surface area contributed by atoms with Crippen molar-refractivity contribution in [1.82, 2.24) is 4.57 Å². The van der Waals surface area contributed by atoms with Gasteiger partial charge in [-0.1, -0.05) is 43.1 Å². The lowest BCUT2D eigenvalue weighted by Crippen LogP contribution is -2.17. The maximum atomic E-state index is 12.7. The standard InChI is InChI=1S/C23H25ClN2OS/c1-5-8-20-21(17-12-11-15(3)16(4)13-17)26(6-2)23(28-20)25-22(27)18-9-7-10-19(24)14-18/h7,9-14H,5-6,8H2,1-4H3. The first kappa shape index (κ1) is 20.6. The average Bonchev–Trinajstić information content (AvgIpc) is 3.01. The van der Waals surface area contributed by atoms with E-state index in [2.05, 4.69) is 55.5 Å². The fraction of sp³-hybridized carbons (Fsp3) is 0.304. The van der Waals surface area contributed by atoms with Gasteiger partial charge in [-0.3, -0.25) is 4.79 Å². The summed E-state index contributed by atoms with van der Waals surface area (Å²) < 4.78 is 2.15. The molecule has 0 aliphatic heterocycles. The van der Waals surface area contributed by atoms with Crippen LogP contribution in [0.15, 0.2) is 47.5 Å². The van der Waals surface area contributed by atoms with Crippen molar-refractivity contribution in [2.75, 3.05) is 0 Å². The second-order valence-electron chi connectivity index (χ2n) is 6.88. The number of nitrogens with zero attached hydrogens (tertiary/aromatic N) is 2. The number of hydrogen-bond donors (Lipinski definition) is 0. The van der Waals surface area contributed by atoms with Gasteiger partial charge < -0.3 is 4.57 Å². The monoisotopic (exact) mass is 412 g/mol. The van der Waals surface area contributed by atoms with Gasteiger partial charge in [-0.2, -0.15) is 4.99 Å². The lowest BCUT2D eigenvalue weighted by molar-refractivity contribution is 0.0998. The van der Waals surface area contributed by atoms with Gasteiger partial charge in [0, 0.05) is 22.0 Å². The van der Waals surface area contributed by atoms with Crippen LogP contribution in [0.2, 0.25) is 5.02 Å². The van der Waals surface area contributed by atoms with Gasteiger partial charge in [0.15, 0.2) is 4.80 Å². The van der Waals surface area contributed by atoms with Crippen LogP contribution in [0.4, 0.5) is 0 Å². The molecule has 3 nitrogen and oxygen atoms in total. The highest BCUT2D eigenvalue weighted by Gasteiger charge is 2.16. The van der Waals surface area contributed by atoms with Gasteiger partial charge in [-0.15, -0.1) is 11.3 Å². The quantitative estimate of drug-likeness (QED) is 0.491. The lowest BCUT2D eigenvalue weighted by Gasteiger charge is -2.11. The number of halogens is 1. The Morgan fingerprint density at radius 1 is 1.11 bits per heavy atom. The Bertz CT molecular complexity index is 1080. The number of amides is 1. The number of rotatable bonds is 5. The Balaban J connectivity index is 2.17. The van der Waals surface area contributed by atoms with Gasteiger partial charge in [0.05, 0.1) is 5.69 Å². The highest BCUT2D eigenvalue weighted by Crippen LogP contribution is 2.29. The molecule has 2 aromatic carbocycles. The van der Waals surface area contributed by atoms with E-state index in [4.69, 9.17) is 11.6 Å². The molecule has 0 aliphatic rings. The fourth-order valence-corrected chi connectivity index (χ4v) is 4.71.